The fourth-order valence-corrected chi connectivity index (χ4v) is 0.985. The molecule has 68 valence electrons. The number of nitriles is 1. The van der Waals surface area contributed by atoms with E-state index in [4.69, 9.17) is 5.26 Å². The first-order valence-corrected chi connectivity index (χ1v) is 3.94. The summed E-state index contributed by atoms with van der Waals surface area (Å²) in [5.41, 5.74) is -0.363. The van der Waals surface area contributed by atoms with Crippen LogP contribution in [0.2, 0.25) is 0 Å². The highest BCUT2D eigenvalue weighted by atomic mass is 16.1. The third-order valence-corrected chi connectivity index (χ3v) is 1.49. The number of nitrogens with zero attached hydrogens (tertiary/aromatic N) is 2. The number of hydrogen-bond acceptors (Lipinski definition) is 4. The Morgan fingerprint density at radius 3 is 2.92 bits per heavy atom. The second-order valence-electron chi connectivity index (χ2n) is 2.52. The Kier molecular flexibility index (Phi) is 2.65. The lowest BCUT2D eigenvalue weighted by Crippen LogP contribution is -2.17. The van der Waals surface area contributed by atoms with E-state index in [1.165, 1.54) is 0 Å². The summed E-state index contributed by atoms with van der Waals surface area (Å²) in [6, 6.07) is 1.81. The van der Waals surface area contributed by atoms with Gasteiger partial charge in [0.05, 0.1) is 0 Å². The monoisotopic (exact) mass is 178 g/mol. The van der Waals surface area contributed by atoms with E-state index in [2.05, 4.69) is 15.3 Å². The number of aromatic amines is 1. The van der Waals surface area contributed by atoms with Crippen LogP contribution < -0.4 is 10.9 Å². The zero-order chi connectivity index (χ0) is 9.84. The first-order valence-electron chi connectivity index (χ1n) is 3.94. The van der Waals surface area contributed by atoms with Crippen LogP contribution in [-0.2, 0) is 0 Å². The van der Waals surface area contributed by atoms with Gasteiger partial charge in [0.2, 0.25) is 0 Å². The number of H-pyrrole nitrogens is 1. The minimum atomic E-state index is -0.397. The second kappa shape index (κ2) is 3.72. The molecule has 0 fully saturated rings. The van der Waals surface area contributed by atoms with Crippen molar-refractivity contribution in [3.63, 3.8) is 0 Å². The first-order chi connectivity index (χ1) is 6.19. The predicted octanol–water partition coefficient (Wildman–Crippen LogP) is 0.382. The van der Waals surface area contributed by atoms with E-state index in [0.29, 0.717) is 18.2 Å². The van der Waals surface area contributed by atoms with Gasteiger partial charge in [-0.3, -0.25) is 4.79 Å². The summed E-state index contributed by atoms with van der Waals surface area (Å²) < 4.78 is 0. The molecule has 0 aliphatic carbocycles. The molecule has 0 bridgehead atoms. The van der Waals surface area contributed by atoms with Crippen molar-refractivity contribution in [2.24, 2.45) is 0 Å². The van der Waals surface area contributed by atoms with Crippen LogP contribution in [0.15, 0.2) is 4.79 Å². The molecule has 0 radical (unpaired) electrons. The minimum Gasteiger partial charge on any atom is -0.369 e. The Morgan fingerprint density at radius 2 is 2.38 bits per heavy atom. The van der Waals surface area contributed by atoms with Crippen LogP contribution in [-0.4, -0.2) is 16.5 Å². The maximum atomic E-state index is 11.2. The largest absolute Gasteiger partial charge is 0.369 e. The molecule has 0 spiro atoms. The number of aryl methyl sites for hydroxylation is 1. The van der Waals surface area contributed by atoms with Gasteiger partial charge in [-0.2, -0.15) is 5.26 Å². The van der Waals surface area contributed by atoms with E-state index in [9.17, 15) is 4.79 Å². The Balaban J connectivity index is 3.32. The number of nitrogens with one attached hydrogen (secondary N) is 2. The molecule has 0 saturated heterocycles. The molecule has 0 amide bonds. The quantitative estimate of drug-likeness (QED) is 0.686. The molecule has 0 saturated carbocycles. The van der Waals surface area contributed by atoms with Gasteiger partial charge in [0, 0.05) is 6.54 Å². The van der Waals surface area contributed by atoms with E-state index >= 15 is 0 Å². The predicted molar refractivity (Wildman–Crippen MR) is 48.5 cm³/mol. The van der Waals surface area contributed by atoms with Crippen molar-refractivity contribution < 1.29 is 0 Å². The van der Waals surface area contributed by atoms with Gasteiger partial charge in [-0.15, -0.1) is 0 Å². The lowest BCUT2D eigenvalue weighted by atomic mass is 10.3. The van der Waals surface area contributed by atoms with Crippen LogP contribution in [0.3, 0.4) is 0 Å². The minimum absolute atomic E-state index is 0.0347. The third-order valence-electron chi connectivity index (χ3n) is 1.49. The zero-order valence-corrected chi connectivity index (χ0v) is 7.51. The number of rotatable bonds is 2. The fourth-order valence-electron chi connectivity index (χ4n) is 0.985. The second-order valence-corrected chi connectivity index (χ2v) is 2.52. The number of anilines is 1. The summed E-state index contributed by atoms with van der Waals surface area (Å²) in [7, 11) is 0. The zero-order valence-electron chi connectivity index (χ0n) is 7.51. The van der Waals surface area contributed by atoms with E-state index < -0.39 is 5.56 Å². The molecule has 0 atom stereocenters. The van der Waals surface area contributed by atoms with Gasteiger partial charge < -0.3 is 10.3 Å². The van der Waals surface area contributed by atoms with E-state index in [-0.39, 0.29) is 5.56 Å². The fraction of sp³-hybridized carbons (Fsp3) is 0.375. The summed E-state index contributed by atoms with van der Waals surface area (Å²) in [4.78, 5) is 17.7. The lowest BCUT2D eigenvalue weighted by Gasteiger charge is -2.03. The van der Waals surface area contributed by atoms with Gasteiger partial charge in [-0.25, -0.2) is 4.98 Å². The molecule has 0 aromatic carbocycles. The smallest absolute Gasteiger partial charge is 0.271 e. The molecule has 1 aromatic heterocycles. The topological polar surface area (TPSA) is 81.6 Å². The van der Waals surface area contributed by atoms with E-state index in [1.54, 1.807) is 6.92 Å². The SMILES string of the molecule is CCNc1nc(C)[nH]c(=O)c1C#N. The van der Waals surface area contributed by atoms with Crippen molar-refractivity contribution in [1.29, 1.82) is 5.26 Å². The van der Waals surface area contributed by atoms with E-state index in [1.807, 2.05) is 13.0 Å². The van der Waals surface area contributed by atoms with Gasteiger partial charge >= 0.3 is 0 Å². The molecule has 5 nitrogen and oxygen atoms in total. The summed E-state index contributed by atoms with van der Waals surface area (Å²) in [5.74, 6) is 0.853. The van der Waals surface area contributed by atoms with Crippen LogP contribution >= 0.6 is 0 Å². The van der Waals surface area contributed by atoms with Gasteiger partial charge in [0.1, 0.15) is 11.9 Å². The van der Waals surface area contributed by atoms with Gasteiger partial charge in [0.15, 0.2) is 11.4 Å². The molecular formula is C8H10N4O. The molecule has 0 unspecified atom stereocenters. The van der Waals surface area contributed by atoms with E-state index in [0.717, 1.165) is 0 Å². The van der Waals surface area contributed by atoms with Crippen LogP contribution in [0.25, 0.3) is 0 Å². The standard InChI is InChI=1S/C8H10N4O/c1-3-10-7-6(4-9)8(13)12-5(2)11-7/h3H2,1-2H3,(H2,10,11,12,13). The highest BCUT2D eigenvalue weighted by Gasteiger charge is 2.07. The molecule has 13 heavy (non-hydrogen) atoms. The lowest BCUT2D eigenvalue weighted by molar-refractivity contribution is 0.996. The van der Waals surface area contributed by atoms with Crippen molar-refractivity contribution in [3.8, 4) is 6.07 Å². The molecule has 1 aromatic rings. The molecule has 1 rings (SSSR count). The maximum absolute atomic E-state index is 11.2. The highest BCUT2D eigenvalue weighted by molar-refractivity contribution is 5.50. The average molecular weight is 178 g/mol. The van der Waals surface area contributed by atoms with Crippen molar-refractivity contribution >= 4 is 5.82 Å². The van der Waals surface area contributed by atoms with Crippen molar-refractivity contribution in [2.45, 2.75) is 13.8 Å². The number of hydrogen-bond donors (Lipinski definition) is 2. The van der Waals surface area contributed by atoms with Gasteiger partial charge in [0.25, 0.3) is 5.56 Å². The third kappa shape index (κ3) is 1.85. The molecule has 1 heterocycles. The Labute approximate surface area is 75.4 Å². The Bertz CT molecular complexity index is 402. The summed E-state index contributed by atoms with van der Waals surface area (Å²) in [6.07, 6.45) is 0. The van der Waals surface area contributed by atoms with Crippen LogP contribution in [0, 0.1) is 18.3 Å². The molecule has 2 N–H and O–H groups in total. The Morgan fingerprint density at radius 1 is 1.69 bits per heavy atom. The summed E-state index contributed by atoms with van der Waals surface area (Å²) in [6.45, 7) is 4.17. The van der Waals surface area contributed by atoms with Crippen molar-refractivity contribution in [2.75, 3.05) is 11.9 Å². The van der Waals surface area contributed by atoms with Crippen LogP contribution in [0.4, 0.5) is 5.82 Å². The Hall–Kier alpha value is -1.83. The first kappa shape index (κ1) is 9.26. The van der Waals surface area contributed by atoms with Crippen LogP contribution in [0.1, 0.15) is 18.3 Å². The van der Waals surface area contributed by atoms with Crippen molar-refractivity contribution in [3.05, 3.63) is 21.7 Å². The van der Waals surface area contributed by atoms with Gasteiger partial charge in [-0.1, -0.05) is 0 Å². The summed E-state index contributed by atoms with van der Waals surface area (Å²) >= 11 is 0. The highest BCUT2D eigenvalue weighted by Crippen LogP contribution is 2.04. The molecule has 5 heteroatoms. The molecular weight excluding hydrogens is 168 g/mol. The van der Waals surface area contributed by atoms with Crippen LogP contribution in [0.5, 0.6) is 0 Å². The van der Waals surface area contributed by atoms with Gasteiger partial charge in [-0.05, 0) is 13.8 Å². The maximum Gasteiger partial charge on any atom is 0.271 e. The number of aromatic nitrogens is 2. The molecule has 0 aliphatic heterocycles. The van der Waals surface area contributed by atoms with Crippen molar-refractivity contribution in [1.82, 2.24) is 9.97 Å². The summed E-state index contributed by atoms with van der Waals surface area (Å²) in [5, 5.41) is 11.5. The molecule has 0 aliphatic rings. The average Bonchev–Trinajstić information content (AvgIpc) is 2.04. The normalized spacial score (nSPS) is 9.31.